The zero-order valence-electron chi connectivity index (χ0n) is 18.9. The fourth-order valence-electron chi connectivity index (χ4n) is 4.31. The molecule has 2 aliphatic heterocycles. The molecular formula is C22H36B2O4. The maximum atomic E-state index is 6.30. The van der Waals surface area contributed by atoms with Gasteiger partial charge in [0.05, 0.1) is 25.4 Å². The largest absolute Gasteiger partial charge is 0.494 e. The van der Waals surface area contributed by atoms with E-state index in [2.05, 4.69) is 79.7 Å². The Labute approximate surface area is 171 Å². The van der Waals surface area contributed by atoms with Gasteiger partial charge in [0.1, 0.15) is 0 Å². The standard InChI is InChI=1S/C22H36B2O4/c1-20(2,3)15-22(7,8)19-14-26-24(28-19)17-11-9-16(10-12-17)23-25-13-18(27-23)21(4,5)6/h9-12,18-19H,13-15H2,1-8H3. The molecule has 2 atom stereocenters. The van der Waals surface area contributed by atoms with Crippen LogP contribution in [0.2, 0.25) is 0 Å². The van der Waals surface area contributed by atoms with Gasteiger partial charge in [0.25, 0.3) is 0 Å². The van der Waals surface area contributed by atoms with Gasteiger partial charge in [-0.2, -0.15) is 0 Å². The predicted molar refractivity (Wildman–Crippen MR) is 116 cm³/mol. The Balaban J connectivity index is 1.61. The highest BCUT2D eigenvalue weighted by Gasteiger charge is 2.43. The first-order chi connectivity index (χ1) is 12.9. The van der Waals surface area contributed by atoms with E-state index in [-0.39, 0.29) is 42.7 Å². The average Bonchev–Trinajstić information content (AvgIpc) is 3.22. The van der Waals surface area contributed by atoms with Gasteiger partial charge in [0.2, 0.25) is 0 Å². The van der Waals surface area contributed by atoms with Crippen molar-refractivity contribution >= 4 is 25.2 Å². The summed E-state index contributed by atoms with van der Waals surface area (Å²) in [5, 5.41) is 0. The van der Waals surface area contributed by atoms with Crippen LogP contribution in [0.25, 0.3) is 0 Å². The molecule has 28 heavy (non-hydrogen) atoms. The van der Waals surface area contributed by atoms with Crippen molar-refractivity contribution in [1.82, 2.24) is 0 Å². The Hall–Kier alpha value is -0.810. The highest BCUT2D eigenvalue weighted by molar-refractivity contribution is 6.63. The quantitative estimate of drug-likeness (QED) is 0.744. The summed E-state index contributed by atoms with van der Waals surface area (Å²) in [6.45, 7) is 19.2. The normalized spacial score (nSPS) is 24.3. The zero-order chi connectivity index (χ0) is 20.7. The molecule has 154 valence electrons. The van der Waals surface area contributed by atoms with Gasteiger partial charge in [-0.05, 0) is 33.6 Å². The molecule has 3 rings (SSSR count). The van der Waals surface area contributed by atoms with E-state index in [0.29, 0.717) is 13.2 Å². The Kier molecular flexibility index (Phi) is 6.09. The molecule has 2 heterocycles. The van der Waals surface area contributed by atoms with Gasteiger partial charge in [-0.1, -0.05) is 79.7 Å². The number of hydrogen-bond donors (Lipinski definition) is 0. The van der Waals surface area contributed by atoms with Gasteiger partial charge in [-0.3, -0.25) is 0 Å². The zero-order valence-corrected chi connectivity index (χ0v) is 18.9. The van der Waals surface area contributed by atoms with Crippen LogP contribution in [0.3, 0.4) is 0 Å². The summed E-state index contributed by atoms with van der Waals surface area (Å²) < 4.78 is 24.3. The number of benzene rings is 1. The third-order valence-electron chi connectivity index (χ3n) is 5.68. The van der Waals surface area contributed by atoms with E-state index >= 15 is 0 Å². The lowest BCUT2D eigenvalue weighted by atomic mass is 9.72. The highest BCUT2D eigenvalue weighted by atomic mass is 16.6. The van der Waals surface area contributed by atoms with Crippen LogP contribution < -0.4 is 10.9 Å². The van der Waals surface area contributed by atoms with Crippen molar-refractivity contribution in [3.8, 4) is 0 Å². The molecular weight excluding hydrogens is 350 g/mol. The summed E-state index contributed by atoms with van der Waals surface area (Å²) in [7, 11) is -0.590. The first-order valence-corrected chi connectivity index (χ1v) is 10.5. The van der Waals surface area contributed by atoms with Crippen LogP contribution in [-0.2, 0) is 18.6 Å². The van der Waals surface area contributed by atoms with Crippen LogP contribution in [0.1, 0.15) is 61.8 Å². The second-order valence-electron chi connectivity index (χ2n) is 11.3. The van der Waals surface area contributed by atoms with E-state index < -0.39 is 0 Å². The van der Waals surface area contributed by atoms with Crippen LogP contribution >= 0.6 is 0 Å². The minimum Gasteiger partial charge on any atom is -0.405 e. The third kappa shape index (κ3) is 5.21. The molecule has 0 radical (unpaired) electrons. The van der Waals surface area contributed by atoms with E-state index in [1.54, 1.807) is 0 Å². The molecule has 0 aromatic heterocycles. The van der Waals surface area contributed by atoms with Gasteiger partial charge in [0, 0.05) is 0 Å². The molecule has 2 unspecified atom stereocenters. The second kappa shape index (κ2) is 7.79. The van der Waals surface area contributed by atoms with Crippen molar-refractivity contribution in [1.29, 1.82) is 0 Å². The van der Waals surface area contributed by atoms with Gasteiger partial charge in [-0.25, -0.2) is 0 Å². The van der Waals surface area contributed by atoms with E-state index in [9.17, 15) is 0 Å². The third-order valence-corrected chi connectivity index (χ3v) is 5.68. The smallest absolute Gasteiger partial charge is 0.405 e. The van der Waals surface area contributed by atoms with Crippen LogP contribution in [0.5, 0.6) is 0 Å². The summed E-state index contributed by atoms with van der Waals surface area (Å²) in [6, 6.07) is 8.25. The summed E-state index contributed by atoms with van der Waals surface area (Å²) in [5.74, 6) is 0. The molecule has 0 spiro atoms. The van der Waals surface area contributed by atoms with Crippen molar-refractivity contribution in [2.45, 2.75) is 74.0 Å². The Morgan fingerprint density at radius 3 is 1.57 bits per heavy atom. The molecule has 0 aliphatic carbocycles. The van der Waals surface area contributed by atoms with E-state index in [1.807, 2.05) is 0 Å². The van der Waals surface area contributed by atoms with Crippen molar-refractivity contribution in [2.24, 2.45) is 16.2 Å². The van der Waals surface area contributed by atoms with Crippen LogP contribution in [-0.4, -0.2) is 39.7 Å². The fraction of sp³-hybridized carbons (Fsp3) is 0.727. The lowest BCUT2D eigenvalue weighted by Crippen LogP contribution is -2.39. The van der Waals surface area contributed by atoms with E-state index in [0.717, 1.165) is 17.3 Å². The predicted octanol–water partition coefficient (Wildman–Crippen LogP) is 3.42. The Morgan fingerprint density at radius 2 is 1.18 bits per heavy atom. The molecule has 2 aliphatic rings. The summed E-state index contributed by atoms with van der Waals surface area (Å²) in [4.78, 5) is 0. The lowest BCUT2D eigenvalue weighted by molar-refractivity contribution is 0.0546. The van der Waals surface area contributed by atoms with Crippen LogP contribution in [0.15, 0.2) is 24.3 Å². The number of rotatable bonds is 4. The minimum atomic E-state index is -0.300. The maximum absolute atomic E-state index is 6.30. The van der Waals surface area contributed by atoms with E-state index in [1.165, 1.54) is 0 Å². The topological polar surface area (TPSA) is 36.9 Å². The molecule has 0 saturated carbocycles. The minimum absolute atomic E-state index is 0.0699. The van der Waals surface area contributed by atoms with Crippen LogP contribution in [0, 0.1) is 16.2 Å². The Bertz CT molecular complexity index is 661. The summed E-state index contributed by atoms with van der Waals surface area (Å²) in [5.41, 5.74) is 2.50. The molecule has 4 nitrogen and oxygen atoms in total. The molecule has 2 fully saturated rings. The van der Waals surface area contributed by atoms with Crippen molar-refractivity contribution in [3.05, 3.63) is 24.3 Å². The molecule has 0 amide bonds. The van der Waals surface area contributed by atoms with Gasteiger partial charge in [0.15, 0.2) is 0 Å². The Morgan fingerprint density at radius 1 is 0.750 bits per heavy atom. The van der Waals surface area contributed by atoms with Gasteiger partial charge >= 0.3 is 14.2 Å². The molecule has 6 heteroatoms. The monoisotopic (exact) mass is 386 g/mol. The van der Waals surface area contributed by atoms with E-state index in [4.69, 9.17) is 18.6 Å². The molecule has 2 saturated heterocycles. The molecule has 1 aromatic carbocycles. The summed E-state index contributed by atoms with van der Waals surface area (Å²) in [6.07, 6.45) is 1.31. The number of hydrogen-bond acceptors (Lipinski definition) is 4. The van der Waals surface area contributed by atoms with Crippen molar-refractivity contribution in [3.63, 3.8) is 0 Å². The summed E-state index contributed by atoms with van der Waals surface area (Å²) >= 11 is 0. The van der Waals surface area contributed by atoms with Gasteiger partial charge < -0.3 is 18.6 Å². The average molecular weight is 386 g/mol. The van der Waals surface area contributed by atoms with Gasteiger partial charge in [-0.15, -0.1) is 0 Å². The second-order valence-corrected chi connectivity index (χ2v) is 11.3. The maximum Gasteiger partial charge on any atom is 0.494 e. The highest BCUT2D eigenvalue weighted by Crippen LogP contribution is 2.39. The SMILES string of the molecule is CC(C)(C)CC(C)(C)C1COB(c2ccc(B3OCC(C(C)(C)C)O3)cc2)O1. The first kappa shape index (κ1) is 21.9. The van der Waals surface area contributed by atoms with Crippen molar-refractivity contribution in [2.75, 3.05) is 13.2 Å². The van der Waals surface area contributed by atoms with Crippen LogP contribution in [0.4, 0.5) is 0 Å². The molecule has 0 N–H and O–H groups in total. The lowest BCUT2D eigenvalue weighted by Gasteiger charge is -2.36. The first-order valence-electron chi connectivity index (χ1n) is 10.5. The molecule has 1 aromatic rings. The van der Waals surface area contributed by atoms with Crippen molar-refractivity contribution < 1.29 is 18.6 Å². The fourth-order valence-corrected chi connectivity index (χ4v) is 4.31. The molecule has 0 bridgehead atoms.